The molecule has 4 rings (SSSR count). The molecule has 0 atom stereocenters. The summed E-state index contributed by atoms with van der Waals surface area (Å²) in [7, 11) is 0. The zero-order chi connectivity index (χ0) is 19.3. The highest BCUT2D eigenvalue weighted by molar-refractivity contribution is 5.97. The molecule has 2 aliphatic rings. The standard InChI is InChI=1S/C21H19NO6/c23-16(4-1-14-2-6-17-19(9-14)27-12-25-17)5-8-21(24)22-11-15-3-7-18-20(10-15)28-13-26-18/h2-3,5-10H,1,4,11-13H2,(H,22,24)/b8-5+. The molecule has 2 heterocycles. The van der Waals surface area contributed by atoms with Crippen molar-refractivity contribution in [2.24, 2.45) is 0 Å². The summed E-state index contributed by atoms with van der Waals surface area (Å²) < 4.78 is 21.1. The van der Waals surface area contributed by atoms with E-state index < -0.39 is 0 Å². The maximum Gasteiger partial charge on any atom is 0.244 e. The lowest BCUT2D eigenvalue weighted by atomic mass is 10.1. The van der Waals surface area contributed by atoms with Crippen LogP contribution in [0.2, 0.25) is 0 Å². The molecule has 28 heavy (non-hydrogen) atoms. The molecular weight excluding hydrogens is 362 g/mol. The molecule has 0 aromatic heterocycles. The molecule has 2 aliphatic heterocycles. The van der Waals surface area contributed by atoms with Gasteiger partial charge >= 0.3 is 0 Å². The van der Waals surface area contributed by atoms with Gasteiger partial charge in [-0.3, -0.25) is 9.59 Å². The van der Waals surface area contributed by atoms with Gasteiger partial charge in [-0.2, -0.15) is 0 Å². The molecule has 1 N–H and O–H groups in total. The van der Waals surface area contributed by atoms with Crippen LogP contribution in [0.3, 0.4) is 0 Å². The first-order valence-electron chi connectivity index (χ1n) is 8.93. The van der Waals surface area contributed by atoms with E-state index in [1.54, 1.807) is 6.07 Å². The highest BCUT2D eigenvalue weighted by Gasteiger charge is 2.14. The van der Waals surface area contributed by atoms with Gasteiger partial charge < -0.3 is 24.3 Å². The number of aryl methyl sites for hydroxylation is 1. The van der Waals surface area contributed by atoms with Crippen LogP contribution in [0.1, 0.15) is 17.5 Å². The first-order valence-corrected chi connectivity index (χ1v) is 8.93. The van der Waals surface area contributed by atoms with Crippen molar-refractivity contribution in [2.75, 3.05) is 13.6 Å². The van der Waals surface area contributed by atoms with E-state index in [2.05, 4.69) is 5.32 Å². The fourth-order valence-corrected chi connectivity index (χ4v) is 2.91. The van der Waals surface area contributed by atoms with Gasteiger partial charge in [0.1, 0.15) is 0 Å². The smallest absolute Gasteiger partial charge is 0.244 e. The number of fused-ring (bicyclic) bond motifs is 2. The van der Waals surface area contributed by atoms with Crippen LogP contribution in [0, 0.1) is 0 Å². The Morgan fingerprint density at radius 1 is 0.821 bits per heavy atom. The van der Waals surface area contributed by atoms with E-state index >= 15 is 0 Å². The lowest BCUT2D eigenvalue weighted by Gasteiger charge is -2.04. The number of ketones is 1. The lowest BCUT2D eigenvalue weighted by molar-refractivity contribution is -0.118. The number of allylic oxidation sites excluding steroid dienone is 1. The van der Waals surface area contributed by atoms with Crippen molar-refractivity contribution in [3.05, 3.63) is 59.7 Å². The van der Waals surface area contributed by atoms with Crippen molar-refractivity contribution < 1.29 is 28.5 Å². The van der Waals surface area contributed by atoms with Crippen LogP contribution in [0.15, 0.2) is 48.6 Å². The largest absolute Gasteiger partial charge is 0.454 e. The molecule has 2 aromatic carbocycles. The van der Waals surface area contributed by atoms with Gasteiger partial charge in [-0.05, 0) is 47.9 Å². The monoisotopic (exact) mass is 381 g/mol. The lowest BCUT2D eigenvalue weighted by Crippen LogP contribution is -2.20. The zero-order valence-electron chi connectivity index (χ0n) is 15.1. The van der Waals surface area contributed by atoms with Crippen LogP contribution >= 0.6 is 0 Å². The molecule has 2 aromatic rings. The molecule has 0 radical (unpaired) electrons. The number of hydrogen-bond acceptors (Lipinski definition) is 6. The third kappa shape index (κ3) is 4.25. The molecule has 0 saturated carbocycles. The van der Waals surface area contributed by atoms with Crippen LogP contribution < -0.4 is 24.3 Å². The SMILES string of the molecule is O=C(/C=C/C(=O)NCc1ccc2c(c1)OCO2)CCc1ccc2c(c1)OCO2. The van der Waals surface area contributed by atoms with Crippen molar-refractivity contribution in [2.45, 2.75) is 19.4 Å². The number of benzene rings is 2. The summed E-state index contributed by atoms with van der Waals surface area (Å²) in [5.41, 5.74) is 1.87. The van der Waals surface area contributed by atoms with Crippen molar-refractivity contribution in [1.29, 1.82) is 0 Å². The van der Waals surface area contributed by atoms with E-state index in [0.29, 0.717) is 42.4 Å². The van der Waals surface area contributed by atoms with Gasteiger partial charge in [-0.25, -0.2) is 0 Å². The molecule has 0 bridgehead atoms. The van der Waals surface area contributed by atoms with Gasteiger partial charge in [0.15, 0.2) is 28.8 Å². The Morgan fingerprint density at radius 3 is 2.14 bits per heavy atom. The molecular formula is C21H19NO6. The van der Waals surface area contributed by atoms with Gasteiger partial charge in [0.25, 0.3) is 0 Å². The van der Waals surface area contributed by atoms with E-state index in [1.165, 1.54) is 12.2 Å². The minimum absolute atomic E-state index is 0.115. The average Bonchev–Trinajstić information content (AvgIpc) is 3.37. The Morgan fingerprint density at radius 2 is 1.43 bits per heavy atom. The van der Waals surface area contributed by atoms with E-state index in [1.807, 2.05) is 30.3 Å². The summed E-state index contributed by atoms with van der Waals surface area (Å²) in [6, 6.07) is 11.1. The maximum atomic E-state index is 12.0. The molecule has 144 valence electrons. The minimum atomic E-state index is -0.325. The molecule has 7 heteroatoms. The second kappa shape index (κ2) is 8.04. The highest BCUT2D eigenvalue weighted by atomic mass is 16.7. The Kier molecular flexibility index (Phi) is 5.14. The van der Waals surface area contributed by atoms with Crippen molar-refractivity contribution >= 4 is 11.7 Å². The predicted molar refractivity (Wildman–Crippen MR) is 99.4 cm³/mol. The van der Waals surface area contributed by atoms with E-state index in [4.69, 9.17) is 18.9 Å². The number of rotatable bonds is 7. The molecule has 0 fully saturated rings. The van der Waals surface area contributed by atoms with Crippen LogP contribution in [-0.2, 0) is 22.6 Å². The van der Waals surface area contributed by atoms with Gasteiger partial charge in [0, 0.05) is 19.0 Å². The van der Waals surface area contributed by atoms with Gasteiger partial charge in [-0.15, -0.1) is 0 Å². The first kappa shape index (κ1) is 17.9. The van der Waals surface area contributed by atoms with Gasteiger partial charge in [-0.1, -0.05) is 12.1 Å². The Labute approximate surface area is 161 Å². The second-order valence-corrected chi connectivity index (χ2v) is 6.39. The highest BCUT2D eigenvalue weighted by Crippen LogP contribution is 2.33. The van der Waals surface area contributed by atoms with Crippen LogP contribution in [0.25, 0.3) is 0 Å². The Balaban J connectivity index is 1.22. The van der Waals surface area contributed by atoms with Crippen molar-refractivity contribution in [3.8, 4) is 23.0 Å². The average molecular weight is 381 g/mol. The predicted octanol–water partition coefficient (Wildman–Crippen LogP) is 2.52. The number of carbonyl (C=O) groups excluding carboxylic acids is 2. The van der Waals surface area contributed by atoms with E-state index in [0.717, 1.165) is 11.1 Å². The topological polar surface area (TPSA) is 83.1 Å². The van der Waals surface area contributed by atoms with E-state index in [-0.39, 0.29) is 25.3 Å². The minimum Gasteiger partial charge on any atom is -0.454 e. The summed E-state index contributed by atoms with van der Waals surface area (Å²) >= 11 is 0. The molecule has 0 aliphatic carbocycles. The first-order chi connectivity index (χ1) is 13.7. The van der Waals surface area contributed by atoms with Crippen molar-refractivity contribution in [1.82, 2.24) is 5.32 Å². The zero-order valence-corrected chi connectivity index (χ0v) is 15.1. The van der Waals surface area contributed by atoms with Gasteiger partial charge in [0.05, 0.1) is 0 Å². The number of amides is 1. The Hall–Kier alpha value is -3.48. The number of hydrogen-bond donors (Lipinski definition) is 1. The van der Waals surface area contributed by atoms with Gasteiger partial charge in [0.2, 0.25) is 19.5 Å². The van der Waals surface area contributed by atoms with Crippen molar-refractivity contribution in [3.63, 3.8) is 0 Å². The summed E-state index contributed by atoms with van der Waals surface area (Å²) in [6.07, 6.45) is 3.45. The maximum absolute atomic E-state index is 12.0. The molecule has 1 amide bonds. The third-order valence-corrected chi connectivity index (χ3v) is 4.42. The number of carbonyl (C=O) groups is 2. The third-order valence-electron chi connectivity index (χ3n) is 4.42. The fourth-order valence-electron chi connectivity index (χ4n) is 2.91. The van der Waals surface area contributed by atoms with Crippen LogP contribution in [0.5, 0.6) is 23.0 Å². The Bertz CT molecular complexity index is 861. The summed E-state index contributed by atoms with van der Waals surface area (Å²) in [5, 5.41) is 2.74. The molecule has 0 saturated heterocycles. The second-order valence-electron chi connectivity index (χ2n) is 6.39. The molecule has 0 spiro atoms. The number of nitrogens with one attached hydrogen (secondary N) is 1. The van der Waals surface area contributed by atoms with Crippen LogP contribution in [0.4, 0.5) is 0 Å². The molecule has 7 nitrogen and oxygen atoms in total. The summed E-state index contributed by atoms with van der Waals surface area (Å²) in [6.45, 7) is 0.773. The summed E-state index contributed by atoms with van der Waals surface area (Å²) in [5.74, 6) is 2.34. The molecule has 0 unspecified atom stereocenters. The number of ether oxygens (including phenoxy) is 4. The van der Waals surface area contributed by atoms with E-state index in [9.17, 15) is 9.59 Å². The quantitative estimate of drug-likeness (QED) is 0.742. The summed E-state index contributed by atoms with van der Waals surface area (Å²) in [4.78, 5) is 23.9. The van der Waals surface area contributed by atoms with Crippen LogP contribution in [-0.4, -0.2) is 25.3 Å². The fraction of sp³-hybridized carbons (Fsp3) is 0.238. The normalized spacial score (nSPS) is 13.7.